The van der Waals surface area contributed by atoms with Gasteiger partial charge in [0.15, 0.2) is 5.75 Å². The first-order valence-corrected chi connectivity index (χ1v) is 21.4. The highest BCUT2D eigenvalue weighted by molar-refractivity contribution is 6.21. The monoisotopic (exact) mass is 862 g/mol. The Balaban J connectivity index is 1.56. The average molecular weight is 863 g/mol. The summed E-state index contributed by atoms with van der Waals surface area (Å²) in [6.07, 6.45) is 4.29. The molecule has 1 fully saturated rings. The highest BCUT2D eigenvalue weighted by Crippen LogP contribution is 2.51. The van der Waals surface area contributed by atoms with Crippen LogP contribution in [-0.4, -0.2) is 105 Å². The van der Waals surface area contributed by atoms with E-state index in [2.05, 4.69) is 10.3 Å². The Labute approximate surface area is 361 Å². The first-order chi connectivity index (χ1) is 29.0. The van der Waals surface area contributed by atoms with E-state index < -0.39 is 93.3 Å². The number of ketones is 1. The Morgan fingerprint density at radius 1 is 1.00 bits per heavy atom. The molecule has 0 unspecified atom stereocenters. The quantitative estimate of drug-likeness (QED) is 0.121. The average Bonchev–Trinajstić information content (AvgIpc) is 3.72. The molecule has 2 aromatic carbocycles. The smallest absolute Gasteiger partial charge is 0.312 e. The molecule has 0 aromatic heterocycles. The van der Waals surface area contributed by atoms with Gasteiger partial charge in [0, 0.05) is 79.9 Å². The molecule has 4 bridgehead atoms. The third kappa shape index (κ3) is 8.47. The third-order valence-corrected chi connectivity index (χ3v) is 13.2. The van der Waals surface area contributed by atoms with Gasteiger partial charge < -0.3 is 54.5 Å². The Kier molecular flexibility index (Phi) is 13.1. The predicted octanol–water partition coefficient (Wildman–Crippen LogP) is 4.76. The van der Waals surface area contributed by atoms with Crippen LogP contribution in [0.4, 0.5) is 5.69 Å². The van der Waals surface area contributed by atoms with E-state index in [0.717, 1.165) is 0 Å². The zero-order valence-corrected chi connectivity index (χ0v) is 37.5. The first kappa shape index (κ1) is 46.6. The largest absolute Gasteiger partial charge is 0.633 e. The lowest BCUT2D eigenvalue weighted by molar-refractivity contribution is -0.889. The third-order valence-electron chi connectivity index (χ3n) is 13.2. The summed E-state index contributed by atoms with van der Waals surface area (Å²) in [5.74, 6) is -7.25. The number of hydrogen-bond acceptors (Lipinski definition) is 14. The van der Waals surface area contributed by atoms with Crippen molar-refractivity contribution < 1.29 is 58.4 Å². The minimum Gasteiger partial charge on any atom is -0.633 e. The molecule has 4 aliphatic rings. The lowest BCUT2D eigenvalue weighted by atomic mass is 9.78. The molecule has 1 saturated heterocycles. The van der Waals surface area contributed by atoms with Crippen LogP contribution in [0, 0.1) is 41.7 Å². The molecule has 1 amide bonds. The summed E-state index contributed by atoms with van der Waals surface area (Å²) in [5, 5.41) is 63.9. The molecule has 0 radical (unpaired) electrons. The SMILES string of the molecule is CO[C@H]1/C=C\O[C@@]2(C)Oc3c(C)c(O)c4c(O)c(c5c(c4c3C2=O)NC2(CC[N+]([O-])(CC(C)C)CC2)N=5)=NC(=O)/C(C)=C\C=C/[C@H](C)[C@H](O)[C@@H](C)[C@@H](O)[C@@H](C)[C@H](OC(C)=O)[C@@H]1C. The number of benzene rings is 2. The Morgan fingerprint density at radius 3 is 2.27 bits per heavy atom. The molecule has 6 rings (SSSR count). The van der Waals surface area contributed by atoms with E-state index in [-0.39, 0.29) is 68.6 Å². The van der Waals surface area contributed by atoms with Crippen LogP contribution in [0.5, 0.6) is 17.2 Å². The van der Waals surface area contributed by atoms with Crippen LogP contribution in [0.1, 0.15) is 91.1 Å². The molecular formula is C46H62N4O12. The van der Waals surface area contributed by atoms with Gasteiger partial charge in [-0.1, -0.05) is 59.8 Å². The Morgan fingerprint density at radius 2 is 1.66 bits per heavy atom. The van der Waals surface area contributed by atoms with Gasteiger partial charge in [-0.05, 0) is 19.9 Å². The molecule has 4 heterocycles. The van der Waals surface area contributed by atoms with E-state index in [1.807, 2.05) is 13.8 Å². The number of likely N-dealkylation sites (tertiary alicyclic amines) is 1. The number of anilines is 1. The number of Topliss-reactive ketones (excluding diaryl/α,β-unsaturated/α-hetero) is 1. The van der Waals surface area contributed by atoms with Crippen molar-refractivity contribution in [2.45, 2.75) is 118 Å². The van der Waals surface area contributed by atoms with Gasteiger partial charge in [0.25, 0.3) is 11.7 Å². The predicted molar refractivity (Wildman–Crippen MR) is 229 cm³/mol. The van der Waals surface area contributed by atoms with Gasteiger partial charge in [-0.3, -0.25) is 19.4 Å². The molecule has 16 heteroatoms. The van der Waals surface area contributed by atoms with Gasteiger partial charge in [-0.2, -0.15) is 0 Å². The van der Waals surface area contributed by atoms with Gasteiger partial charge in [-0.25, -0.2) is 4.99 Å². The van der Waals surface area contributed by atoms with Gasteiger partial charge in [-0.15, -0.1) is 0 Å². The number of nitrogens with zero attached hydrogens (tertiary/aromatic N) is 3. The molecule has 1 spiro atoms. The maximum Gasteiger partial charge on any atom is 0.312 e. The number of ether oxygens (including phenoxy) is 4. The summed E-state index contributed by atoms with van der Waals surface area (Å²) < 4.78 is 23.5. The number of phenolic OH excluding ortho intramolecular Hbond substituents is 2. The maximum absolute atomic E-state index is 14.7. The molecule has 5 N–H and O–H groups in total. The van der Waals surface area contributed by atoms with E-state index >= 15 is 0 Å². The van der Waals surface area contributed by atoms with Crippen LogP contribution in [0.15, 0.2) is 46.1 Å². The molecule has 62 heavy (non-hydrogen) atoms. The molecule has 16 nitrogen and oxygen atoms in total. The highest BCUT2D eigenvalue weighted by Gasteiger charge is 2.51. The number of amides is 1. The van der Waals surface area contributed by atoms with Crippen LogP contribution in [0.2, 0.25) is 0 Å². The summed E-state index contributed by atoms with van der Waals surface area (Å²) in [7, 11) is 1.45. The molecule has 338 valence electrons. The fraction of sp³-hybridized carbons (Fsp3) is 0.587. The number of nitrogens with one attached hydrogen (secondary N) is 1. The van der Waals surface area contributed by atoms with E-state index in [4.69, 9.17) is 23.9 Å². The number of phenols is 2. The second kappa shape index (κ2) is 17.4. The van der Waals surface area contributed by atoms with Gasteiger partial charge in [0.1, 0.15) is 34.0 Å². The number of methoxy groups -OCH3 is 1. The fourth-order valence-electron chi connectivity index (χ4n) is 9.48. The summed E-state index contributed by atoms with van der Waals surface area (Å²) in [5.41, 5.74) is -0.541. The number of carbonyl (C=O) groups excluding carboxylic acids is 3. The second-order valence-corrected chi connectivity index (χ2v) is 18.4. The minimum atomic E-state index is -1.99. The Bertz CT molecular complexity index is 2350. The zero-order valence-electron chi connectivity index (χ0n) is 37.5. The molecule has 0 aliphatic carbocycles. The van der Waals surface area contributed by atoms with Crippen molar-refractivity contribution in [2.75, 3.05) is 32.1 Å². The van der Waals surface area contributed by atoms with Crippen molar-refractivity contribution in [1.82, 2.24) is 0 Å². The number of hydrogen-bond donors (Lipinski definition) is 5. The van der Waals surface area contributed by atoms with Crippen LogP contribution in [-0.2, 0) is 23.8 Å². The van der Waals surface area contributed by atoms with Crippen molar-refractivity contribution >= 4 is 34.1 Å². The molecule has 9 atom stereocenters. The number of aromatic hydroxyl groups is 2. The van der Waals surface area contributed by atoms with Crippen molar-refractivity contribution in [3.05, 3.63) is 63.2 Å². The zero-order chi connectivity index (χ0) is 45.8. The summed E-state index contributed by atoms with van der Waals surface area (Å²) in [4.78, 5) is 50.4. The minimum absolute atomic E-state index is 0.00422. The van der Waals surface area contributed by atoms with Crippen molar-refractivity contribution in [2.24, 2.45) is 39.6 Å². The highest BCUT2D eigenvalue weighted by atomic mass is 16.7. The molecular weight excluding hydrogens is 801 g/mol. The van der Waals surface area contributed by atoms with Crippen LogP contribution in [0.25, 0.3) is 10.8 Å². The fourth-order valence-corrected chi connectivity index (χ4v) is 9.48. The number of rotatable bonds is 4. The second-order valence-electron chi connectivity index (χ2n) is 18.4. The molecule has 0 saturated carbocycles. The number of aliphatic hydroxyl groups excluding tert-OH is 2. The van der Waals surface area contributed by atoms with E-state index in [9.17, 15) is 40.0 Å². The lowest BCUT2D eigenvalue weighted by Gasteiger charge is -2.50. The lowest BCUT2D eigenvalue weighted by Crippen LogP contribution is -2.56. The van der Waals surface area contributed by atoms with Crippen molar-refractivity contribution in [3.8, 4) is 17.2 Å². The van der Waals surface area contributed by atoms with Gasteiger partial charge >= 0.3 is 11.8 Å². The number of allylic oxidation sites excluding steroid dienone is 2. The van der Waals surface area contributed by atoms with Crippen molar-refractivity contribution in [3.63, 3.8) is 0 Å². The van der Waals surface area contributed by atoms with Gasteiger partial charge in [0.05, 0.1) is 60.8 Å². The number of quaternary nitrogens is 1. The summed E-state index contributed by atoms with van der Waals surface area (Å²) in [6, 6.07) is 0. The van der Waals surface area contributed by atoms with Crippen LogP contribution >= 0.6 is 0 Å². The van der Waals surface area contributed by atoms with E-state index in [0.29, 0.717) is 19.4 Å². The van der Waals surface area contributed by atoms with Gasteiger partial charge in [0.2, 0.25) is 0 Å². The molecule has 2 aromatic rings. The molecule has 4 aliphatic heterocycles. The standard InChI is InChI=1S/C46H62N4O12/c1-22(2)21-50(58)18-16-46(17-19-50)48-34-31-32-39(54)28(8)42-33(31)43(56)45(10,62-42)60-20-15-30(59-11)25(5)41(61-29(9)51)27(7)38(53)26(6)37(52)23(3)13-12-14-24(4)44(57)47-36(40(32)55)35(34)49-46/h12-15,20,22-23,25-27,30,37-38,41,48,52-55H,16-19,21H2,1-11H3/b13-12-,20-15-,24-14-,47-36?/t23-,25+,26+,27+,30-,37-,38+,41+,45-,46?,50?/m0/s1. The van der Waals surface area contributed by atoms with Crippen LogP contribution in [0.3, 0.4) is 0 Å². The number of carbonyl (C=O) groups is 3. The van der Waals surface area contributed by atoms with Crippen molar-refractivity contribution in [1.29, 1.82) is 0 Å². The number of hydroxylamine groups is 3. The number of esters is 1. The summed E-state index contributed by atoms with van der Waals surface area (Å²) >= 11 is 0. The van der Waals surface area contributed by atoms with E-state index in [1.54, 1.807) is 39.8 Å². The first-order valence-electron chi connectivity index (χ1n) is 21.4. The number of aliphatic hydroxyl groups is 2. The summed E-state index contributed by atoms with van der Waals surface area (Å²) in [6.45, 7) is 17.6. The van der Waals surface area contributed by atoms with Crippen LogP contribution < -0.4 is 20.8 Å². The normalized spacial score (nSPS) is 36.0. The maximum atomic E-state index is 14.7. The topological polar surface area (TPSA) is 229 Å². The number of fused-ring (bicyclic) bond motifs is 1. The Hall–Kier alpha value is -4.87. The van der Waals surface area contributed by atoms with E-state index in [1.165, 1.54) is 53.2 Å². The number of piperidine rings is 1.